The number of rotatable bonds is 9. The third-order valence-corrected chi connectivity index (χ3v) is 6.38. The highest BCUT2D eigenvalue weighted by Crippen LogP contribution is 2.26. The van der Waals surface area contributed by atoms with Crippen LogP contribution in [0.25, 0.3) is 17.0 Å². The van der Waals surface area contributed by atoms with E-state index in [2.05, 4.69) is 20.6 Å². The van der Waals surface area contributed by atoms with Crippen molar-refractivity contribution in [3.05, 3.63) is 47.9 Å². The van der Waals surface area contributed by atoms with Crippen LogP contribution in [0.3, 0.4) is 0 Å². The summed E-state index contributed by atoms with van der Waals surface area (Å²) in [6, 6.07) is 7.73. The van der Waals surface area contributed by atoms with E-state index in [0.717, 1.165) is 49.0 Å². The molecule has 1 fully saturated rings. The topological polar surface area (TPSA) is 106 Å². The minimum absolute atomic E-state index is 0.0557. The van der Waals surface area contributed by atoms with Gasteiger partial charge in [0.2, 0.25) is 11.7 Å². The summed E-state index contributed by atoms with van der Waals surface area (Å²) in [5.41, 5.74) is 3.04. The molecule has 0 spiro atoms. The zero-order valence-electron chi connectivity index (χ0n) is 20.0. The highest BCUT2D eigenvalue weighted by molar-refractivity contribution is 6.45. The first kappa shape index (κ1) is 23.9. The van der Waals surface area contributed by atoms with Gasteiger partial charge in [0, 0.05) is 18.2 Å². The van der Waals surface area contributed by atoms with Crippen LogP contribution in [0.2, 0.25) is 0 Å². The molecule has 180 valence electrons. The van der Waals surface area contributed by atoms with Crippen LogP contribution in [0, 0.1) is 0 Å². The van der Waals surface area contributed by atoms with Gasteiger partial charge >= 0.3 is 0 Å². The van der Waals surface area contributed by atoms with Gasteiger partial charge < -0.3 is 19.8 Å². The van der Waals surface area contributed by atoms with Crippen LogP contribution in [0.4, 0.5) is 0 Å². The van der Waals surface area contributed by atoms with E-state index in [4.69, 9.17) is 9.15 Å². The molecule has 0 unspecified atom stereocenters. The smallest absolute Gasteiger partial charge is 0.288 e. The van der Waals surface area contributed by atoms with Gasteiger partial charge in [0.05, 0.1) is 24.9 Å². The van der Waals surface area contributed by atoms with Gasteiger partial charge in [-0.1, -0.05) is 26.0 Å². The van der Waals surface area contributed by atoms with Crippen molar-refractivity contribution in [2.24, 2.45) is 4.99 Å². The third kappa shape index (κ3) is 5.44. The van der Waals surface area contributed by atoms with E-state index in [1.165, 1.54) is 6.20 Å². The van der Waals surface area contributed by atoms with Gasteiger partial charge in [-0.05, 0) is 62.0 Å². The molecule has 8 heteroatoms. The van der Waals surface area contributed by atoms with Crippen LogP contribution in [0.5, 0.6) is 0 Å². The second-order valence-corrected chi connectivity index (χ2v) is 8.78. The first-order valence-corrected chi connectivity index (χ1v) is 12.0. The van der Waals surface area contributed by atoms with E-state index >= 15 is 0 Å². The number of nitrogens with one attached hydrogen (secondary N) is 2. The number of benzene rings is 1. The molecule has 2 aliphatic rings. The first-order valence-electron chi connectivity index (χ1n) is 12.0. The molecule has 2 aromatic rings. The van der Waals surface area contributed by atoms with Crippen molar-refractivity contribution in [3.8, 4) is 11.5 Å². The predicted octanol–water partition coefficient (Wildman–Crippen LogP) is 3.78. The Bertz CT molecular complexity index is 1090. The number of hydrogen-bond donors (Lipinski definition) is 2. The van der Waals surface area contributed by atoms with Crippen molar-refractivity contribution in [3.63, 3.8) is 0 Å². The largest absolute Gasteiger partial charge is 0.431 e. The number of carbonyl (C=O) groups excluding carboxylic acids is 2. The summed E-state index contributed by atoms with van der Waals surface area (Å²) in [7, 11) is 0. The van der Waals surface area contributed by atoms with Crippen molar-refractivity contribution in [1.82, 2.24) is 15.6 Å². The average Bonchev–Trinajstić information content (AvgIpc) is 3.64. The summed E-state index contributed by atoms with van der Waals surface area (Å²) in [5, 5.41) is 5.96. The minimum Gasteiger partial charge on any atom is -0.431 e. The van der Waals surface area contributed by atoms with Crippen molar-refractivity contribution < 1.29 is 18.7 Å². The molecule has 0 aliphatic carbocycles. The molecule has 3 heterocycles. The highest BCUT2D eigenvalue weighted by Gasteiger charge is 2.26. The van der Waals surface area contributed by atoms with E-state index in [1.54, 1.807) is 0 Å². The summed E-state index contributed by atoms with van der Waals surface area (Å²) in [4.78, 5) is 33.8. The molecular formula is C26H32N4O4. The number of carbonyl (C=O) groups is 2. The number of nitrogens with zero attached hydrogens (tertiary/aromatic N) is 2. The van der Waals surface area contributed by atoms with E-state index in [-0.39, 0.29) is 35.8 Å². The highest BCUT2D eigenvalue weighted by atomic mass is 16.5. The zero-order chi connectivity index (χ0) is 24.1. The maximum Gasteiger partial charge on any atom is 0.288 e. The third-order valence-electron chi connectivity index (χ3n) is 6.38. The van der Waals surface area contributed by atoms with Gasteiger partial charge in [-0.15, -0.1) is 0 Å². The lowest BCUT2D eigenvalue weighted by atomic mass is 10.0. The molecule has 1 aromatic carbocycles. The quantitative estimate of drug-likeness (QED) is 0.587. The Morgan fingerprint density at radius 3 is 2.68 bits per heavy atom. The fourth-order valence-electron chi connectivity index (χ4n) is 4.22. The monoisotopic (exact) mass is 464 g/mol. The Hall–Kier alpha value is -3.26. The first-order chi connectivity index (χ1) is 16.5. The molecule has 0 bridgehead atoms. The van der Waals surface area contributed by atoms with Crippen LogP contribution in [-0.4, -0.2) is 53.8 Å². The van der Waals surface area contributed by atoms with Gasteiger partial charge in [-0.3, -0.25) is 14.6 Å². The van der Waals surface area contributed by atoms with Crippen LogP contribution < -0.4 is 10.6 Å². The molecule has 4 rings (SSSR count). The second kappa shape index (κ2) is 10.8. The molecular weight excluding hydrogens is 432 g/mol. The Labute approximate surface area is 199 Å². The van der Waals surface area contributed by atoms with E-state index in [9.17, 15) is 9.59 Å². The van der Waals surface area contributed by atoms with E-state index in [1.807, 2.05) is 51.1 Å². The number of amides is 2. The van der Waals surface area contributed by atoms with Crippen molar-refractivity contribution in [1.29, 1.82) is 0 Å². The Morgan fingerprint density at radius 2 is 1.94 bits per heavy atom. The summed E-state index contributed by atoms with van der Waals surface area (Å²) < 4.78 is 11.4. The normalized spacial score (nSPS) is 18.5. The lowest BCUT2D eigenvalue weighted by Gasteiger charge is -2.19. The number of hydrogen-bond acceptors (Lipinski definition) is 6. The minimum atomic E-state index is -0.261. The standard InChI is InChI=1S/C26H32N4O4/c1-4-20(5-2)30-25(32)23-15-28-26(34-23)18-9-6-8-17(12-18)19-13-21(27-14-19)24(31)29-16(3)22-10-7-11-33-22/h6,8-9,12-13,15-16,20,22H,4-5,7,10-11,14H2,1-3H3,(H,29,31)(H,30,32)/t16-,22-/m0/s1. The number of ether oxygens (including phenoxy) is 1. The SMILES string of the molecule is CCC(CC)NC(=O)c1cnc(-c2cccc(C3=CC(C(=O)N[C@@H](C)[C@@H]4CCCO4)=NC3)c2)o1. The Morgan fingerprint density at radius 1 is 1.15 bits per heavy atom. The zero-order valence-corrected chi connectivity index (χ0v) is 20.0. The molecule has 1 aromatic heterocycles. The summed E-state index contributed by atoms with van der Waals surface area (Å²) in [6.45, 7) is 7.21. The molecule has 34 heavy (non-hydrogen) atoms. The predicted molar refractivity (Wildman–Crippen MR) is 131 cm³/mol. The van der Waals surface area contributed by atoms with Crippen LogP contribution in [-0.2, 0) is 9.53 Å². The molecule has 2 N–H and O–H groups in total. The number of aromatic nitrogens is 1. The lowest BCUT2D eigenvalue weighted by molar-refractivity contribution is -0.116. The van der Waals surface area contributed by atoms with Crippen LogP contribution in [0.15, 0.2) is 45.9 Å². The lowest BCUT2D eigenvalue weighted by Crippen LogP contribution is -2.43. The fraction of sp³-hybridized carbons (Fsp3) is 0.462. The van der Waals surface area contributed by atoms with Crippen LogP contribution >= 0.6 is 0 Å². The molecule has 1 saturated heterocycles. The van der Waals surface area contributed by atoms with Gasteiger partial charge in [-0.2, -0.15) is 0 Å². The van der Waals surface area contributed by atoms with Gasteiger partial charge in [0.1, 0.15) is 5.71 Å². The van der Waals surface area contributed by atoms with E-state index in [0.29, 0.717) is 18.1 Å². The fourth-order valence-corrected chi connectivity index (χ4v) is 4.22. The molecule has 2 aliphatic heterocycles. The van der Waals surface area contributed by atoms with Gasteiger partial charge in [0.15, 0.2) is 0 Å². The van der Waals surface area contributed by atoms with Gasteiger partial charge in [-0.25, -0.2) is 4.98 Å². The summed E-state index contributed by atoms with van der Waals surface area (Å²) in [5.74, 6) is 0.118. The number of oxazole rings is 1. The molecule has 2 amide bonds. The second-order valence-electron chi connectivity index (χ2n) is 8.78. The maximum absolute atomic E-state index is 12.7. The maximum atomic E-state index is 12.7. The molecule has 8 nitrogen and oxygen atoms in total. The Balaban J connectivity index is 1.42. The number of aliphatic imine (C=N–C) groups is 1. The molecule has 0 radical (unpaired) electrons. The van der Waals surface area contributed by atoms with Crippen molar-refractivity contribution in [2.75, 3.05) is 13.2 Å². The van der Waals surface area contributed by atoms with Crippen molar-refractivity contribution in [2.45, 2.75) is 64.6 Å². The molecule has 0 saturated carbocycles. The average molecular weight is 465 g/mol. The summed E-state index contributed by atoms with van der Waals surface area (Å²) >= 11 is 0. The van der Waals surface area contributed by atoms with Gasteiger partial charge in [0.25, 0.3) is 11.8 Å². The molecule has 2 atom stereocenters. The van der Waals surface area contributed by atoms with Crippen LogP contribution in [0.1, 0.15) is 62.6 Å². The Kier molecular flexibility index (Phi) is 7.57. The van der Waals surface area contributed by atoms with Crippen molar-refractivity contribution >= 4 is 23.1 Å². The summed E-state index contributed by atoms with van der Waals surface area (Å²) in [6.07, 6.45) is 7.04. The van der Waals surface area contributed by atoms with E-state index < -0.39 is 0 Å².